The van der Waals surface area contributed by atoms with Crippen LogP contribution in [0, 0.1) is 0 Å². The molecule has 48 heavy (non-hydrogen) atoms. The third kappa shape index (κ3) is 18.5. The van der Waals surface area contributed by atoms with Crippen molar-refractivity contribution in [3.8, 4) is 0 Å². The topological polar surface area (TPSA) is 368 Å². The molecule has 0 aromatic heterocycles. The van der Waals surface area contributed by atoms with Gasteiger partial charge in [0.1, 0.15) is 18.3 Å². The first kappa shape index (κ1) is 44.5. The lowest BCUT2D eigenvalue weighted by Gasteiger charge is -2.47. The number of phosphoric acid groups is 3. The van der Waals surface area contributed by atoms with Gasteiger partial charge in [0.15, 0.2) is 18.3 Å². The van der Waals surface area contributed by atoms with Crippen LogP contribution < -0.4 is 0 Å². The average Bonchev–Trinajstić information content (AvgIpc) is 2.95. The van der Waals surface area contributed by atoms with Crippen molar-refractivity contribution in [2.24, 2.45) is 0 Å². The minimum atomic E-state index is -5.86. The first-order valence-corrected chi connectivity index (χ1v) is 18.3. The van der Waals surface area contributed by atoms with Crippen LogP contribution in [-0.4, -0.2) is 159 Å². The van der Waals surface area contributed by atoms with E-state index < -0.39 is 137 Å². The Bertz CT molecular complexity index is 1070. The number of hydrogen-bond acceptors (Lipinski definition) is 18. The molecular formula is C21H39O24P3. The highest BCUT2D eigenvalue weighted by molar-refractivity contribution is 7.47. The largest absolute Gasteiger partial charge is 0.470 e. The van der Waals surface area contributed by atoms with Gasteiger partial charge in [-0.1, -0.05) is 0 Å². The van der Waals surface area contributed by atoms with E-state index in [9.17, 15) is 57.4 Å². The maximum absolute atomic E-state index is 12.8. The summed E-state index contributed by atoms with van der Waals surface area (Å²) in [5.41, 5.74) is 0. The second-order valence-corrected chi connectivity index (χ2v) is 12.9. The molecule has 9 N–H and O–H groups in total. The number of phosphoric ester groups is 3. The maximum atomic E-state index is 12.8. The number of aliphatic hydroxyl groups is 3. The smallest absolute Gasteiger partial charge is 0.455 e. The predicted octanol–water partition coefficient (Wildman–Crippen LogP) is -3.63. The summed E-state index contributed by atoms with van der Waals surface area (Å²) in [7, 11) is -17.5. The highest BCUT2D eigenvalue weighted by Crippen LogP contribution is 2.51. The van der Waals surface area contributed by atoms with Gasteiger partial charge in [0.05, 0.1) is 78.7 Å². The van der Waals surface area contributed by atoms with E-state index in [2.05, 4.69) is 13.6 Å². The minimum absolute atomic E-state index is 0.230. The van der Waals surface area contributed by atoms with Crippen LogP contribution in [0.1, 0.15) is 19.3 Å². The monoisotopic (exact) mass is 768 g/mol. The Kier molecular flexibility index (Phi) is 20.1. The summed E-state index contributed by atoms with van der Waals surface area (Å²) in [6.45, 7) is -3.32. The molecule has 0 heterocycles. The molecule has 0 amide bonds. The summed E-state index contributed by atoms with van der Waals surface area (Å²) in [6, 6.07) is 0. The van der Waals surface area contributed by atoms with Crippen LogP contribution in [0.5, 0.6) is 0 Å². The standard InChI is InChI=1S/C21H39O24P3/c22-4-10-37-7-1-13(25)40-16-17(41-14(26)2-8-38-11-5-23)19(43-46(28,29)30)21(45-48(34,35)36)20(44-47(31,32)33)18(16)42-15(27)3-9-39-12-6-24/h16-24H,1-12H2,(H2,28,29,30)(H2,31,32,33)(H2,34,35,36)/t16?,17-,18+,19-,20-,21?/m0/s1. The zero-order valence-electron chi connectivity index (χ0n) is 24.9. The third-order valence-electron chi connectivity index (χ3n) is 5.58. The molecule has 1 fully saturated rings. The van der Waals surface area contributed by atoms with E-state index in [0.717, 1.165) is 0 Å². The van der Waals surface area contributed by atoms with Crippen molar-refractivity contribution in [1.29, 1.82) is 0 Å². The second-order valence-electron chi connectivity index (χ2n) is 9.30. The number of carbonyl (C=O) groups is 3. The lowest BCUT2D eigenvalue weighted by Crippen LogP contribution is -2.68. The molecule has 282 valence electrons. The molecule has 1 rings (SSSR count). The molecule has 1 aliphatic carbocycles. The van der Waals surface area contributed by atoms with E-state index in [4.69, 9.17) is 43.7 Å². The van der Waals surface area contributed by atoms with Crippen molar-refractivity contribution in [3.63, 3.8) is 0 Å². The molecule has 6 atom stereocenters. The van der Waals surface area contributed by atoms with Crippen molar-refractivity contribution in [2.45, 2.75) is 55.9 Å². The summed E-state index contributed by atoms with van der Waals surface area (Å²) >= 11 is 0. The second kappa shape index (κ2) is 21.7. The van der Waals surface area contributed by atoms with E-state index in [1.807, 2.05) is 0 Å². The molecule has 24 nitrogen and oxygen atoms in total. The van der Waals surface area contributed by atoms with Gasteiger partial charge < -0.3 is 73.1 Å². The lowest BCUT2D eigenvalue weighted by atomic mass is 9.84. The normalized spacial score (nSPS) is 23.4. The molecule has 1 aliphatic rings. The Labute approximate surface area is 271 Å². The van der Waals surface area contributed by atoms with Gasteiger partial charge in [0, 0.05) is 0 Å². The highest BCUT2D eigenvalue weighted by Gasteiger charge is 2.62. The fourth-order valence-corrected chi connectivity index (χ4v) is 5.63. The van der Waals surface area contributed by atoms with Crippen LogP contribution in [0.25, 0.3) is 0 Å². The average molecular weight is 768 g/mol. The zero-order chi connectivity index (χ0) is 36.5. The highest BCUT2D eigenvalue weighted by atomic mass is 31.2. The van der Waals surface area contributed by atoms with Crippen molar-refractivity contribution >= 4 is 41.4 Å². The Morgan fingerprint density at radius 1 is 0.417 bits per heavy atom. The fraction of sp³-hybridized carbons (Fsp3) is 0.857. The molecule has 0 aromatic carbocycles. The molecule has 27 heteroatoms. The summed E-state index contributed by atoms with van der Waals surface area (Å²) in [5.74, 6) is -3.94. The van der Waals surface area contributed by atoms with E-state index in [1.54, 1.807) is 0 Å². The van der Waals surface area contributed by atoms with E-state index in [-0.39, 0.29) is 19.8 Å². The van der Waals surface area contributed by atoms with E-state index in [0.29, 0.717) is 0 Å². The molecule has 0 aromatic rings. The molecule has 0 saturated heterocycles. The Balaban J connectivity index is 3.83. The molecule has 0 radical (unpaired) electrons. The zero-order valence-corrected chi connectivity index (χ0v) is 27.6. The van der Waals surface area contributed by atoms with Crippen LogP contribution in [0.4, 0.5) is 0 Å². The number of ether oxygens (including phenoxy) is 6. The number of rotatable bonds is 24. The molecule has 2 unspecified atom stereocenters. The summed E-state index contributed by atoms with van der Waals surface area (Å²) in [5, 5.41) is 26.6. The van der Waals surface area contributed by atoms with Crippen molar-refractivity contribution in [1.82, 2.24) is 0 Å². The maximum Gasteiger partial charge on any atom is 0.470 e. The van der Waals surface area contributed by atoms with Gasteiger partial charge in [0.2, 0.25) is 0 Å². The third-order valence-corrected chi connectivity index (χ3v) is 7.14. The van der Waals surface area contributed by atoms with Crippen LogP contribution >= 0.6 is 23.5 Å². The molecular weight excluding hydrogens is 729 g/mol. The van der Waals surface area contributed by atoms with Gasteiger partial charge in [-0.2, -0.15) is 0 Å². The van der Waals surface area contributed by atoms with Gasteiger partial charge >= 0.3 is 41.4 Å². The molecule has 1 saturated carbocycles. The summed E-state index contributed by atoms with van der Waals surface area (Å²) < 4.78 is 80.3. The van der Waals surface area contributed by atoms with E-state index in [1.165, 1.54) is 0 Å². The number of esters is 3. The lowest BCUT2D eigenvalue weighted by molar-refractivity contribution is -0.241. The van der Waals surface area contributed by atoms with E-state index >= 15 is 0 Å². The molecule has 0 aliphatic heterocycles. The number of aliphatic hydroxyl groups excluding tert-OH is 3. The van der Waals surface area contributed by atoms with Gasteiger partial charge in [-0.05, 0) is 0 Å². The minimum Gasteiger partial charge on any atom is -0.455 e. The van der Waals surface area contributed by atoms with Gasteiger partial charge in [-0.15, -0.1) is 0 Å². The first-order valence-electron chi connectivity index (χ1n) is 13.7. The van der Waals surface area contributed by atoms with Crippen LogP contribution in [0.2, 0.25) is 0 Å². The number of hydrogen-bond donors (Lipinski definition) is 9. The van der Waals surface area contributed by atoms with Crippen LogP contribution in [-0.2, 0) is 70.1 Å². The van der Waals surface area contributed by atoms with Crippen molar-refractivity contribution in [2.75, 3.05) is 59.5 Å². The van der Waals surface area contributed by atoms with Crippen molar-refractivity contribution < 1.29 is 115 Å². The Morgan fingerprint density at radius 2 is 0.646 bits per heavy atom. The first-order chi connectivity index (χ1) is 22.3. The van der Waals surface area contributed by atoms with Crippen LogP contribution in [0.15, 0.2) is 0 Å². The van der Waals surface area contributed by atoms with Gasteiger partial charge in [-0.25, -0.2) is 13.7 Å². The predicted molar refractivity (Wildman–Crippen MR) is 148 cm³/mol. The number of carbonyl (C=O) groups excluding carboxylic acids is 3. The molecule has 0 bridgehead atoms. The molecule has 0 spiro atoms. The van der Waals surface area contributed by atoms with Gasteiger partial charge in [-0.3, -0.25) is 28.0 Å². The fourth-order valence-electron chi connectivity index (χ4n) is 3.96. The Morgan fingerprint density at radius 3 is 0.875 bits per heavy atom. The Hall–Kier alpha value is -1.50. The SMILES string of the molecule is O=C(CCOCCO)OC1[C@@H](OC(=O)CCOCCO)[C@H](OP(=O)(O)O)C(OP(=O)(O)O)[C@@H](OP(=O)(O)O)[C@H]1OC(=O)CCOCCO. The summed E-state index contributed by atoms with van der Waals surface area (Å²) in [4.78, 5) is 96.2. The quantitative estimate of drug-likeness (QED) is 0.0198. The summed E-state index contributed by atoms with van der Waals surface area (Å²) in [6.07, 6.45) is -17.4. The van der Waals surface area contributed by atoms with Gasteiger partial charge in [0.25, 0.3) is 0 Å². The van der Waals surface area contributed by atoms with Crippen molar-refractivity contribution in [3.05, 3.63) is 0 Å². The van der Waals surface area contributed by atoms with Crippen LogP contribution in [0.3, 0.4) is 0 Å².